The molecule has 0 unspecified atom stereocenters. The lowest BCUT2D eigenvalue weighted by molar-refractivity contribution is 0.757. The second-order valence-electron chi connectivity index (χ2n) is 3.97. The van der Waals surface area contributed by atoms with E-state index in [4.69, 9.17) is 0 Å². The molecule has 0 saturated heterocycles. The van der Waals surface area contributed by atoms with Gasteiger partial charge in [0, 0.05) is 9.35 Å². The molecular weight excluding hydrogens is 332 g/mol. The Morgan fingerprint density at radius 1 is 1.44 bits per heavy atom. The van der Waals surface area contributed by atoms with Crippen LogP contribution in [0, 0.1) is 6.92 Å². The topological polar surface area (TPSA) is 34.9 Å². The molecule has 18 heavy (non-hydrogen) atoms. The fourth-order valence-corrected chi connectivity index (χ4v) is 4.19. The molecule has 0 atom stereocenters. The van der Waals surface area contributed by atoms with Crippen molar-refractivity contribution in [1.82, 2.24) is 9.55 Å². The van der Waals surface area contributed by atoms with Gasteiger partial charge in [-0.3, -0.25) is 9.36 Å². The van der Waals surface area contributed by atoms with E-state index < -0.39 is 0 Å². The van der Waals surface area contributed by atoms with Crippen LogP contribution in [0.5, 0.6) is 0 Å². The van der Waals surface area contributed by atoms with Gasteiger partial charge >= 0.3 is 0 Å². The van der Waals surface area contributed by atoms with Crippen molar-refractivity contribution in [2.45, 2.75) is 13.5 Å². The zero-order chi connectivity index (χ0) is 12.7. The van der Waals surface area contributed by atoms with Crippen molar-refractivity contribution in [2.75, 3.05) is 0 Å². The summed E-state index contributed by atoms with van der Waals surface area (Å²) in [5, 5.41) is 3.98. The largest absolute Gasteiger partial charge is 0.293 e. The van der Waals surface area contributed by atoms with Crippen molar-refractivity contribution in [1.29, 1.82) is 0 Å². The van der Waals surface area contributed by atoms with Crippen molar-refractivity contribution in [3.05, 3.63) is 48.4 Å². The van der Waals surface area contributed by atoms with Crippen LogP contribution in [0.1, 0.15) is 10.4 Å². The summed E-state index contributed by atoms with van der Waals surface area (Å²) in [6, 6.07) is 1.99. The number of aromatic nitrogens is 2. The number of thiophene rings is 2. The second kappa shape index (κ2) is 4.60. The van der Waals surface area contributed by atoms with Gasteiger partial charge in [-0.05, 0) is 45.2 Å². The molecule has 3 aromatic heterocycles. The van der Waals surface area contributed by atoms with E-state index in [1.54, 1.807) is 22.2 Å². The molecule has 0 spiro atoms. The van der Waals surface area contributed by atoms with Crippen LogP contribution in [0.25, 0.3) is 10.2 Å². The number of hydrogen-bond donors (Lipinski definition) is 0. The minimum absolute atomic E-state index is 0.0402. The molecule has 3 nitrogen and oxygen atoms in total. The number of hydrogen-bond acceptors (Lipinski definition) is 4. The number of aryl methyl sites for hydroxylation is 1. The quantitative estimate of drug-likeness (QED) is 0.713. The Kier molecular flexibility index (Phi) is 3.09. The first-order valence-electron chi connectivity index (χ1n) is 5.32. The Hall–Kier alpha value is -0.980. The van der Waals surface area contributed by atoms with E-state index in [0.717, 1.165) is 25.1 Å². The second-order valence-corrected chi connectivity index (χ2v) is 6.70. The Morgan fingerprint density at radius 2 is 2.28 bits per heavy atom. The average molecular weight is 341 g/mol. The highest BCUT2D eigenvalue weighted by Crippen LogP contribution is 2.24. The molecule has 0 aromatic carbocycles. The van der Waals surface area contributed by atoms with E-state index in [0.29, 0.717) is 6.54 Å². The first-order chi connectivity index (χ1) is 8.66. The van der Waals surface area contributed by atoms with Gasteiger partial charge in [0.15, 0.2) is 0 Å². The lowest BCUT2D eigenvalue weighted by Crippen LogP contribution is -2.20. The fraction of sp³-hybridized carbons (Fsp3) is 0.167. The first kappa shape index (κ1) is 12.1. The van der Waals surface area contributed by atoms with E-state index in [-0.39, 0.29) is 5.56 Å². The lowest BCUT2D eigenvalue weighted by atomic mass is 10.3. The fourth-order valence-electron chi connectivity index (χ4n) is 1.77. The Balaban J connectivity index is 2.11. The first-order valence-corrected chi connectivity index (χ1v) is 7.87. The molecular formula is C12H9BrN2OS2. The molecule has 0 aliphatic carbocycles. The lowest BCUT2D eigenvalue weighted by Gasteiger charge is -2.04. The summed E-state index contributed by atoms with van der Waals surface area (Å²) in [5.74, 6) is 0. The molecule has 0 bridgehead atoms. The van der Waals surface area contributed by atoms with Crippen molar-refractivity contribution in [2.24, 2.45) is 0 Å². The summed E-state index contributed by atoms with van der Waals surface area (Å²) >= 11 is 6.58. The Morgan fingerprint density at radius 3 is 3.00 bits per heavy atom. The van der Waals surface area contributed by atoms with Gasteiger partial charge < -0.3 is 0 Å². The highest BCUT2D eigenvalue weighted by molar-refractivity contribution is 9.10. The smallest absolute Gasteiger partial charge is 0.271 e. The van der Waals surface area contributed by atoms with Gasteiger partial charge in [0.05, 0.1) is 18.4 Å². The van der Waals surface area contributed by atoms with E-state index in [1.807, 2.05) is 23.8 Å². The van der Waals surface area contributed by atoms with Crippen molar-refractivity contribution < 1.29 is 0 Å². The van der Waals surface area contributed by atoms with Crippen LogP contribution >= 0.6 is 38.6 Å². The molecule has 0 aliphatic rings. The van der Waals surface area contributed by atoms with Gasteiger partial charge in [-0.15, -0.1) is 22.7 Å². The maximum atomic E-state index is 12.3. The molecule has 3 heterocycles. The SMILES string of the molecule is Cc1csc2c(=O)n(Cc3sccc3Br)cnc12. The molecule has 0 radical (unpaired) electrons. The van der Waals surface area contributed by atoms with Gasteiger partial charge in [0.2, 0.25) is 0 Å². The van der Waals surface area contributed by atoms with Crippen molar-refractivity contribution in [3.63, 3.8) is 0 Å². The minimum Gasteiger partial charge on any atom is -0.293 e. The summed E-state index contributed by atoms with van der Waals surface area (Å²) in [7, 11) is 0. The molecule has 0 amide bonds. The summed E-state index contributed by atoms with van der Waals surface area (Å²) in [4.78, 5) is 17.8. The maximum Gasteiger partial charge on any atom is 0.271 e. The van der Waals surface area contributed by atoms with Crippen LogP contribution in [0.4, 0.5) is 0 Å². The summed E-state index contributed by atoms with van der Waals surface area (Å²) in [6.07, 6.45) is 1.64. The molecule has 0 fully saturated rings. The summed E-state index contributed by atoms with van der Waals surface area (Å²) in [6.45, 7) is 2.54. The molecule has 0 aliphatic heterocycles. The van der Waals surface area contributed by atoms with Gasteiger partial charge in [-0.2, -0.15) is 0 Å². The zero-order valence-electron chi connectivity index (χ0n) is 9.51. The van der Waals surface area contributed by atoms with E-state index in [9.17, 15) is 4.79 Å². The summed E-state index contributed by atoms with van der Waals surface area (Å²) < 4.78 is 3.44. The molecule has 0 saturated carbocycles. The van der Waals surface area contributed by atoms with Crippen LogP contribution in [-0.4, -0.2) is 9.55 Å². The highest BCUT2D eigenvalue weighted by atomic mass is 79.9. The van der Waals surface area contributed by atoms with Gasteiger partial charge in [0.1, 0.15) is 4.70 Å². The van der Waals surface area contributed by atoms with Crippen molar-refractivity contribution >= 4 is 48.8 Å². The van der Waals surface area contributed by atoms with Gasteiger partial charge in [-0.1, -0.05) is 0 Å². The monoisotopic (exact) mass is 340 g/mol. The van der Waals surface area contributed by atoms with Crippen LogP contribution in [0.2, 0.25) is 0 Å². The number of halogens is 1. The average Bonchev–Trinajstić information content (AvgIpc) is 2.91. The third-order valence-electron chi connectivity index (χ3n) is 2.73. The third-order valence-corrected chi connectivity index (χ3v) is 5.71. The minimum atomic E-state index is 0.0402. The Bertz CT molecular complexity index is 772. The van der Waals surface area contributed by atoms with Gasteiger partial charge in [-0.25, -0.2) is 4.98 Å². The molecule has 6 heteroatoms. The van der Waals surface area contributed by atoms with E-state index >= 15 is 0 Å². The summed E-state index contributed by atoms with van der Waals surface area (Å²) in [5.41, 5.74) is 1.93. The van der Waals surface area contributed by atoms with Crippen LogP contribution < -0.4 is 5.56 Å². The normalized spacial score (nSPS) is 11.2. The number of rotatable bonds is 2. The highest BCUT2D eigenvalue weighted by Gasteiger charge is 2.10. The Labute approximate surface area is 120 Å². The molecule has 92 valence electrons. The molecule has 3 rings (SSSR count). The van der Waals surface area contributed by atoms with Crippen LogP contribution in [-0.2, 0) is 6.54 Å². The van der Waals surface area contributed by atoms with Crippen LogP contribution in [0.15, 0.2) is 32.4 Å². The van der Waals surface area contributed by atoms with E-state index in [1.165, 1.54) is 11.3 Å². The number of fused-ring (bicyclic) bond motifs is 1. The van der Waals surface area contributed by atoms with Crippen molar-refractivity contribution in [3.8, 4) is 0 Å². The number of nitrogens with zero attached hydrogens (tertiary/aromatic N) is 2. The van der Waals surface area contributed by atoms with E-state index in [2.05, 4.69) is 20.9 Å². The third kappa shape index (κ3) is 1.94. The maximum absolute atomic E-state index is 12.3. The van der Waals surface area contributed by atoms with Crippen LogP contribution in [0.3, 0.4) is 0 Å². The predicted octanol–water partition coefficient (Wildman–Crippen LogP) is 3.64. The molecule has 0 N–H and O–H groups in total. The predicted molar refractivity (Wildman–Crippen MR) is 79.7 cm³/mol. The standard InChI is InChI=1S/C12H9BrN2OS2/c1-7-5-18-11-10(7)14-6-15(12(11)16)4-9-8(13)2-3-17-9/h2-3,5-6H,4H2,1H3. The zero-order valence-corrected chi connectivity index (χ0v) is 12.7. The van der Waals surface area contributed by atoms with Gasteiger partial charge in [0.25, 0.3) is 5.56 Å². The molecule has 3 aromatic rings.